The Morgan fingerprint density at radius 2 is 0.759 bits per heavy atom. The second kappa shape index (κ2) is 12.5. The first-order valence-corrected chi connectivity index (χ1v) is 18.0. The number of benzene rings is 8. The number of fused-ring (bicyclic) bond motifs is 6. The lowest BCUT2D eigenvalue weighted by molar-refractivity contribution is 1.13. The Labute approximate surface area is 312 Å². The summed E-state index contributed by atoms with van der Waals surface area (Å²) in [6.07, 6.45) is 0. The van der Waals surface area contributed by atoms with Crippen molar-refractivity contribution in [1.82, 2.24) is 9.13 Å². The van der Waals surface area contributed by atoms with Crippen LogP contribution in [0.25, 0.3) is 88.4 Å². The smallest absolute Gasteiger partial charge is 0.0998 e. The number of aromatic nitrogens is 2. The summed E-state index contributed by atoms with van der Waals surface area (Å²) in [5, 5.41) is 24.4. The van der Waals surface area contributed by atoms with E-state index in [1.54, 1.807) is 0 Å². The predicted octanol–water partition coefficient (Wildman–Crippen LogP) is 12.6. The average Bonchev–Trinajstić information content (AvgIpc) is 3.76. The molecule has 250 valence electrons. The van der Waals surface area contributed by atoms with Crippen molar-refractivity contribution in [2.75, 3.05) is 0 Å². The molecular weight excluding hydrogens is 657 g/mol. The van der Waals surface area contributed by atoms with Crippen molar-refractivity contribution >= 4 is 43.6 Å². The molecule has 0 atom stereocenters. The normalized spacial score (nSPS) is 11.3. The van der Waals surface area contributed by atoms with Crippen LogP contribution in [-0.4, -0.2) is 9.13 Å². The lowest BCUT2D eigenvalue weighted by Crippen LogP contribution is -2.00. The Balaban J connectivity index is 1.30. The van der Waals surface area contributed by atoms with E-state index >= 15 is 0 Å². The Morgan fingerprint density at radius 1 is 0.333 bits per heavy atom. The van der Waals surface area contributed by atoms with Gasteiger partial charge in [0.05, 0.1) is 45.3 Å². The highest BCUT2D eigenvalue weighted by atomic mass is 15.0. The van der Waals surface area contributed by atoms with E-state index in [0.29, 0.717) is 11.1 Å². The molecule has 0 spiro atoms. The van der Waals surface area contributed by atoms with Crippen LogP contribution in [0.3, 0.4) is 0 Å². The Morgan fingerprint density at radius 3 is 1.31 bits per heavy atom. The van der Waals surface area contributed by atoms with Crippen LogP contribution in [0.5, 0.6) is 0 Å². The minimum atomic E-state index is 0.635. The topological polar surface area (TPSA) is 57.4 Å². The fourth-order valence-corrected chi connectivity index (χ4v) is 8.27. The van der Waals surface area contributed by atoms with E-state index in [1.807, 2.05) is 42.5 Å². The maximum atomic E-state index is 10.1. The van der Waals surface area contributed by atoms with Gasteiger partial charge in [-0.05, 0) is 88.5 Å². The zero-order chi connectivity index (χ0) is 36.2. The molecule has 0 aliphatic carbocycles. The van der Waals surface area contributed by atoms with Gasteiger partial charge in [0.25, 0.3) is 0 Å². The third-order valence-corrected chi connectivity index (χ3v) is 10.6. The van der Waals surface area contributed by atoms with Crippen molar-refractivity contribution in [2.24, 2.45) is 0 Å². The molecular formula is C50H30N4. The van der Waals surface area contributed by atoms with Crippen LogP contribution in [0, 0.1) is 22.7 Å². The van der Waals surface area contributed by atoms with Crippen LogP contribution in [-0.2, 0) is 0 Å². The van der Waals surface area contributed by atoms with Gasteiger partial charge in [0, 0.05) is 38.5 Å². The summed E-state index contributed by atoms with van der Waals surface area (Å²) in [6, 6.07) is 68.0. The highest BCUT2D eigenvalue weighted by Crippen LogP contribution is 2.42. The third kappa shape index (κ3) is 4.83. The van der Waals surface area contributed by atoms with Gasteiger partial charge >= 0.3 is 0 Å². The first-order valence-electron chi connectivity index (χ1n) is 18.0. The zero-order valence-corrected chi connectivity index (χ0v) is 29.1. The van der Waals surface area contributed by atoms with Gasteiger partial charge in [0.15, 0.2) is 0 Å². The van der Waals surface area contributed by atoms with Gasteiger partial charge in [-0.3, -0.25) is 0 Å². The molecule has 0 aliphatic heterocycles. The molecule has 2 heterocycles. The zero-order valence-electron chi connectivity index (χ0n) is 29.1. The van der Waals surface area contributed by atoms with Crippen molar-refractivity contribution in [2.45, 2.75) is 0 Å². The van der Waals surface area contributed by atoms with Gasteiger partial charge in [-0.2, -0.15) is 10.5 Å². The molecule has 0 saturated carbocycles. The molecule has 0 radical (unpaired) electrons. The molecule has 0 fully saturated rings. The molecule has 0 aliphatic rings. The summed E-state index contributed by atoms with van der Waals surface area (Å²) in [4.78, 5) is 0. The van der Waals surface area contributed by atoms with Crippen LogP contribution >= 0.6 is 0 Å². The first kappa shape index (κ1) is 31.1. The highest BCUT2D eigenvalue weighted by molar-refractivity contribution is 6.11. The molecule has 10 rings (SSSR count). The van der Waals surface area contributed by atoms with Crippen molar-refractivity contribution in [1.29, 1.82) is 10.5 Å². The summed E-state index contributed by atoms with van der Waals surface area (Å²) in [6.45, 7) is 0. The fourth-order valence-electron chi connectivity index (χ4n) is 8.27. The van der Waals surface area contributed by atoms with Crippen LogP contribution in [0.4, 0.5) is 0 Å². The van der Waals surface area contributed by atoms with Crippen molar-refractivity contribution < 1.29 is 0 Å². The standard InChI is InChI=1S/C50H30N4/c51-31-33-25-26-50-46(27-33)45-21-9-12-24-49(45)54(50)37-29-35(28-36(30-37)53-47-22-10-7-19-43(47)44-20-8-11-23-48(44)53)39-15-3-4-17-41(39)42-18-6-5-16-40(42)38-14-2-1-13-34(38)32-52/h1-30H. The average molecular weight is 687 g/mol. The lowest BCUT2D eigenvalue weighted by Gasteiger charge is -2.19. The Bertz CT molecular complexity index is 3150. The molecule has 0 N–H and O–H groups in total. The Hall–Kier alpha value is -7.66. The quantitative estimate of drug-likeness (QED) is 0.181. The number of para-hydroxylation sites is 3. The summed E-state index contributed by atoms with van der Waals surface area (Å²) in [7, 11) is 0. The van der Waals surface area contributed by atoms with Crippen LogP contribution < -0.4 is 0 Å². The molecule has 0 unspecified atom stereocenters. The monoisotopic (exact) mass is 686 g/mol. The lowest BCUT2D eigenvalue weighted by atomic mass is 9.88. The molecule has 2 aromatic heterocycles. The minimum Gasteiger partial charge on any atom is -0.309 e. The second-order valence-electron chi connectivity index (χ2n) is 13.6. The van der Waals surface area contributed by atoms with E-state index in [0.717, 1.165) is 77.6 Å². The minimum absolute atomic E-state index is 0.635. The van der Waals surface area contributed by atoms with E-state index in [9.17, 15) is 10.5 Å². The maximum Gasteiger partial charge on any atom is 0.0998 e. The van der Waals surface area contributed by atoms with Crippen molar-refractivity contribution in [3.63, 3.8) is 0 Å². The van der Waals surface area contributed by atoms with Crippen LogP contribution in [0.1, 0.15) is 11.1 Å². The number of rotatable bonds is 5. The summed E-state index contributed by atoms with van der Waals surface area (Å²) in [5.41, 5.74) is 13.9. The van der Waals surface area contributed by atoms with E-state index in [4.69, 9.17) is 0 Å². The van der Waals surface area contributed by atoms with Gasteiger partial charge in [-0.25, -0.2) is 0 Å². The molecule has 0 amide bonds. The molecule has 0 saturated heterocycles. The SMILES string of the molecule is N#Cc1ccc2c(c1)c1ccccc1n2-c1cc(-c2ccccc2-c2ccccc2-c2ccccc2C#N)cc(-n2c3ccccc3c3ccccc32)c1. The van der Waals surface area contributed by atoms with Crippen LogP contribution in [0.2, 0.25) is 0 Å². The van der Waals surface area contributed by atoms with Gasteiger partial charge in [0.1, 0.15) is 0 Å². The second-order valence-corrected chi connectivity index (χ2v) is 13.6. The third-order valence-electron chi connectivity index (χ3n) is 10.6. The summed E-state index contributed by atoms with van der Waals surface area (Å²) < 4.78 is 4.70. The highest BCUT2D eigenvalue weighted by Gasteiger charge is 2.20. The fraction of sp³-hybridized carbons (Fsp3) is 0. The maximum absolute atomic E-state index is 10.1. The molecule has 10 aromatic rings. The van der Waals surface area contributed by atoms with E-state index in [2.05, 4.69) is 161 Å². The summed E-state index contributed by atoms with van der Waals surface area (Å²) in [5.74, 6) is 0. The van der Waals surface area contributed by atoms with Crippen molar-refractivity contribution in [3.05, 3.63) is 193 Å². The molecule has 0 bridgehead atoms. The van der Waals surface area contributed by atoms with Gasteiger partial charge < -0.3 is 9.13 Å². The van der Waals surface area contributed by atoms with E-state index < -0.39 is 0 Å². The molecule has 4 heteroatoms. The molecule has 8 aromatic carbocycles. The van der Waals surface area contributed by atoms with Gasteiger partial charge in [-0.1, -0.05) is 121 Å². The first-order chi connectivity index (χ1) is 26.7. The van der Waals surface area contributed by atoms with Gasteiger partial charge in [-0.15, -0.1) is 0 Å². The van der Waals surface area contributed by atoms with Crippen molar-refractivity contribution in [3.8, 4) is 56.9 Å². The van der Waals surface area contributed by atoms with Crippen LogP contribution in [0.15, 0.2) is 182 Å². The number of hydrogen-bond acceptors (Lipinski definition) is 2. The molecule has 4 nitrogen and oxygen atoms in total. The largest absolute Gasteiger partial charge is 0.309 e. The van der Waals surface area contributed by atoms with E-state index in [1.165, 1.54) is 10.8 Å². The number of hydrogen-bond donors (Lipinski definition) is 0. The predicted molar refractivity (Wildman–Crippen MR) is 221 cm³/mol. The van der Waals surface area contributed by atoms with Gasteiger partial charge in [0.2, 0.25) is 0 Å². The Kier molecular flexibility index (Phi) is 7.22. The molecule has 54 heavy (non-hydrogen) atoms. The number of nitrogens with zero attached hydrogens (tertiary/aromatic N) is 4. The number of nitriles is 2. The van der Waals surface area contributed by atoms with E-state index in [-0.39, 0.29) is 0 Å². The summed E-state index contributed by atoms with van der Waals surface area (Å²) >= 11 is 0.